The molecule has 102 valence electrons. The Morgan fingerprint density at radius 3 is 2.83 bits per heavy atom. The summed E-state index contributed by atoms with van der Waals surface area (Å²) < 4.78 is 2.30. The van der Waals surface area contributed by atoms with Crippen LogP contribution in [0.1, 0.15) is 52.0 Å². The van der Waals surface area contributed by atoms with Crippen LogP contribution < -0.4 is 5.32 Å². The van der Waals surface area contributed by atoms with Crippen molar-refractivity contribution >= 4 is 0 Å². The van der Waals surface area contributed by atoms with Crippen molar-refractivity contribution in [3.8, 4) is 0 Å². The van der Waals surface area contributed by atoms with Crippen LogP contribution in [0.4, 0.5) is 0 Å². The molecule has 1 aromatic rings. The van der Waals surface area contributed by atoms with Crippen LogP contribution in [0.3, 0.4) is 0 Å². The molecule has 1 aromatic heterocycles. The third-order valence-electron chi connectivity index (χ3n) is 4.61. The Morgan fingerprint density at radius 2 is 2.17 bits per heavy atom. The second kappa shape index (κ2) is 6.42. The van der Waals surface area contributed by atoms with E-state index in [1.54, 1.807) is 0 Å². The third kappa shape index (κ3) is 3.17. The Morgan fingerprint density at radius 1 is 1.33 bits per heavy atom. The van der Waals surface area contributed by atoms with Gasteiger partial charge in [-0.05, 0) is 42.7 Å². The summed E-state index contributed by atoms with van der Waals surface area (Å²) >= 11 is 0. The van der Waals surface area contributed by atoms with E-state index in [4.69, 9.17) is 0 Å². The fraction of sp³-hybridized carbons (Fsp3) is 0.750. The van der Waals surface area contributed by atoms with Gasteiger partial charge in [0.25, 0.3) is 0 Å². The lowest BCUT2D eigenvalue weighted by Crippen LogP contribution is -2.32. The van der Waals surface area contributed by atoms with Crippen molar-refractivity contribution in [3.63, 3.8) is 0 Å². The molecule has 1 N–H and O–H groups in total. The topological polar surface area (TPSA) is 17.0 Å². The van der Waals surface area contributed by atoms with Gasteiger partial charge in [0.2, 0.25) is 0 Å². The number of aromatic nitrogens is 1. The average molecular weight is 248 g/mol. The van der Waals surface area contributed by atoms with E-state index in [0.717, 1.165) is 31.0 Å². The lowest BCUT2D eigenvalue weighted by atomic mass is 9.93. The molecule has 2 heteroatoms. The standard InChI is InChI=1S/C16H28N2/c1-4-9-18-10-8-14(12-18)11-17-16-7-6-15(5-2)13(16)3/h8,10,12-13,15-17H,4-7,9,11H2,1-3H3. The van der Waals surface area contributed by atoms with E-state index in [-0.39, 0.29) is 0 Å². The molecule has 0 amide bonds. The van der Waals surface area contributed by atoms with E-state index in [9.17, 15) is 0 Å². The second-order valence-corrected chi connectivity index (χ2v) is 5.85. The quantitative estimate of drug-likeness (QED) is 0.810. The molecule has 1 heterocycles. The zero-order valence-corrected chi connectivity index (χ0v) is 12.2. The summed E-state index contributed by atoms with van der Waals surface area (Å²) in [4.78, 5) is 0. The Hall–Kier alpha value is -0.760. The van der Waals surface area contributed by atoms with Crippen molar-refractivity contribution in [2.75, 3.05) is 0 Å². The van der Waals surface area contributed by atoms with E-state index in [1.165, 1.54) is 31.2 Å². The highest BCUT2D eigenvalue weighted by Crippen LogP contribution is 2.33. The van der Waals surface area contributed by atoms with Crippen LogP contribution in [0.25, 0.3) is 0 Å². The van der Waals surface area contributed by atoms with Gasteiger partial charge in [-0.3, -0.25) is 0 Å². The molecule has 2 nitrogen and oxygen atoms in total. The molecule has 1 fully saturated rings. The molecule has 2 rings (SSSR count). The second-order valence-electron chi connectivity index (χ2n) is 5.85. The first-order chi connectivity index (χ1) is 8.74. The molecular formula is C16H28N2. The van der Waals surface area contributed by atoms with Crippen LogP contribution in [0.2, 0.25) is 0 Å². The van der Waals surface area contributed by atoms with Gasteiger partial charge in [0.1, 0.15) is 0 Å². The maximum Gasteiger partial charge on any atom is 0.0223 e. The normalized spacial score (nSPS) is 27.8. The van der Waals surface area contributed by atoms with Crippen molar-refractivity contribution in [3.05, 3.63) is 24.0 Å². The van der Waals surface area contributed by atoms with E-state index < -0.39 is 0 Å². The summed E-state index contributed by atoms with van der Waals surface area (Å²) in [5.74, 6) is 1.78. The molecule has 1 saturated carbocycles. The van der Waals surface area contributed by atoms with Crippen molar-refractivity contribution < 1.29 is 0 Å². The number of hydrogen-bond acceptors (Lipinski definition) is 1. The molecule has 0 aromatic carbocycles. The van der Waals surface area contributed by atoms with Gasteiger partial charge < -0.3 is 9.88 Å². The van der Waals surface area contributed by atoms with E-state index >= 15 is 0 Å². The van der Waals surface area contributed by atoms with Crippen molar-refractivity contribution in [1.82, 2.24) is 9.88 Å². The fourth-order valence-corrected chi connectivity index (χ4v) is 3.35. The summed E-state index contributed by atoms with van der Waals surface area (Å²) in [7, 11) is 0. The predicted molar refractivity (Wildman–Crippen MR) is 77.5 cm³/mol. The molecule has 1 aliphatic carbocycles. The van der Waals surface area contributed by atoms with Gasteiger partial charge in [-0.25, -0.2) is 0 Å². The van der Waals surface area contributed by atoms with E-state index in [1.807, 2.05) is 0 Å². The summed E-state index contributed by atoms with van der Waals surface area (Å²) in [5.41, 5.74) is 1.43. The van der Waals surface area contributed by atoms with E-state index in [0.29, 0.717) is 0 Å². The van der Waals surface area contributed by atoms with Gasteiger partial charge in [0.15, 0.2) is 0 Å². The largest absolute Gasteiger partial charge is 0.354 e. The first-order valence-corrected chi connectivity index (χ1v) is 7.62. The molecule has 18 heavy (non-hydrogen) atoms. The van der Waals surface area contributed by atoms with Crippen LogP contribution in [-0.4, -0.2) is 10.6 Å². The zero-order chi connectivity index (χ0) is 13.0. The summed E-state index contributed by atoms with van der Waals surface area (Å²) in [5, 5.41) is 3.75. The monoisotopic (exact) mass is 248 g/mol. The molecule has 0 radical (unpaired) electrons. The summed E-state index contributed by atoms with van der Waals surface area (Å²) in [6.07, 6.45) is 9.80. The maximum atomic E-state index is 3.75. The first-order valence-electron chi connectivity index (χ1n) is 7.62. The van der Waals surface area contributed by atoms with Crippen LogP contribution in [-0.2, 0) is 13.1 Å². The predicted octanol–water partition coefficient (Wildman–Crippen LogP) is 3.81. The van der Waals surface area contributed by atoms with Crippen molar-refractivity contribution in [2.45, 2.75) is 65.6 Å². The number of nitrogens with one attached hydrogen (secondary N) is 1. The van der Waals surface area contributed by atoms with Crippen molar-refractivity contribution in [2.24, 2.45) is 11.8 Å². The number of hydrogen-bond donors (Lipinski definition) is 1. The van der Waals surface area contributed by atoms with Gasteiger partial charge in [-0.2, -0.15) is 0 Å². The van der Waals surface area contributed by atoms with E-state index in [2.05, 4.69) is 49.1 Å². The van der Waals surface area contributed by atoms with Crippen molar-refractivity contribution in [1.29, 1.82) is 0 Å². The molecular weight excluding hydrogens is 220 g/mol. The molecule has 3 unspecified atom stereocenters. The molecule has 1 aliphatic rings. The number of rotatable bonds is 6. The lowest BCUT2D eigenvalue weighted by molar-refractivity contribution is 0.344. The minimum Gasteiger partial charge on any atom is -0.354 e. The number of aryl methyl sites for hydroxylation is 1. The molecule has 0 spiro atoms. The maximum absolute atomic E-state index is 3.75. The Bertz CT molecular complexity index is 356. The summed E-state index contributed by atoms with van der Waals surface area (Å²) in [6.45, 7) is 9.14. The molecule has 0 saturated heterocycles. The zero-order valence-electron chi connectivity index (χ0n) is 12.2. The van der Waals surface area contributed by atoms with Crippen LogP contribution in [0, 0.1) is 11.8 Å². The van der Waals surface area contributed by atoms with Crippen LogP contribution in [0.15, 0.2) is 18.5 Å². The van der Waals surface area contributed by atoms with Gasteiger partial charge in [0, 0.05) is 31.5 Å². The minimum absolute atomic E-state index is 0.726. The molecule has 3 atom stereocenters. The van der Waals surface area contributed by atoms with Crippen LogP contribution in [0.5, 0.6) is 0 Å². The SMILES string of the molecule is CCCn1ccc(CNC2CCC(CC)C2C)c1. The first kappa shape index (κ1) is 13.7. The Balaban J connectivity index is 1.80. The average Bonchev–Trinajstić information content (AvgIpc) is 2.94. The van der Waals surface area contributed by atoms with Gasteiger partial charge >= 0.3 is 0 Å². The van der Waals surface area contributed by atoms with Gasteiger partial charge in [0.05, 0.1) is 0 Å². The third-order valence-corrected chi connectivity index (χ3v) is 4.61. The number of nitrogens with zero attached hydrogens (tertiary/aromatic N) is 1. The van der Waals surface area contributed by atoms with Gasteiger partial charge in [-0.1, -0.05) is 27.2 Å². The highest BCUT2D eigenvalue weighted by molar-refractivity contribution is 5.10. The summed E-state index contributed by atoms with van der Waals surface area (Å²) in [6, 6.07) is 2.98. The Labute approximate surface area is 112 Å². The smallest absolute Gasteiger partial charge is 0.0223 e. The highest BCUT2D eigenvalue weighted by atomic mass is 15.0. The lowest BCUT2D eigenvalue weighted by Gasteiger charge is -2.20. The van der Waals surface area contributed by atoms with Crippen LogP contribution >= 0.6 is 0 Å². The molecule has 0 bridgehead atoms. The highest BCUT2D eigenvalue weighted by Gasteiger charge is 2.30. The minimum atomic E-state index is 0.726. The van der Waals surface area contributed by atoms with Gasteiger partial charge in [-0.15, -0.1) is 0 Å². The fourth-order valence-electron chi connectivity index (χ4n) is 3.35. The molecule has 0 aliphatic heterocycles. The Kier molecular flexibility index (Phi) is 4.87.